The zero-order valence-corrected chi connectivity index (χ0v) is 13.8. The molecule has 1 saturated carbocycles. The number of anilines is 1. The molecule has 1 aliphatic heterocycles. The van der Waals surface area contributed by atoms with Crippen LogP contribution in [0.25, 0.3) is 0 Å². The molecular formula is C18H18N2O3S. The molecule has 1 heterocycles. The van der Waals surface area contributed by atoms with Crippen molar-refractivity contribution < 1.29 is 13.2 Å². The smallest absolute Gasteiger partial charge is 0.242 e. The van der Waals surface area contributed by atoms with E-state index < -0.39 is 21.3 Å². The topological polar surface area (TPSA) is 75.3 Å². The van der Waals surface area contributed by atoms with Crippen LogP contribution in [0.4, 0.5) is 5.69 Å². The number of carbonyl (C=O) groups is 1. The van der Waals surface area contributed by atoms with E-state index in [1.165, 1.54) is 0 Å². The number of para-hydroxylation sites is 1. The number of fused-ring (bicyclic) bond motifs is 1. The van der Waals surface area contributed by atoms with Gasteiger partial charge in [-0.2, -0.15) is 0 Å². The van der Waals surface area contributed by atoms with Crippen molar-refractivity contribution >= 4 is 21.6 Å². The average Bonchev–Trinajstić information content (AvgIpc) is 3.38. The predicted octanol–water partition coefficient (Wildman–Crippen LogP) is 2.03. The summed E-state index contributed by atoms with van der Waals surface area (Å²) in [6, 6.07) is 16.3. The Morgan fingerprint density at radius 2 is 1.71 bits per heavy atom. The molecule has 1 fully saturated rings. The van der Waals surface area contributed by atoms with Crippen molar-refractivity contribution in [2.45, 2.75) is 30.1 Å². The molecule has 5 nitrogen and oxygen atoms in total. The van der Waals surface area contributed by atoms with Gasteiger partial charge in [0.25, 0.3) is 0 Å². The number of hydrogen-bond donors (Lipinski definition) is 2. The maximum absolute atomic E-state index is 12.6. The molecule has 124 valence electrons. The third-order valence-corrected chi connectivity index (χ3v) is 6.61. The van der Waals surface area contributed by atoms with Crippen molar-refractivity contribution in [1.82, 2.24) is 4.72 Å². The van der Waals surface area contributed by atoms with E-state index in [-0.39, 0.29) is 11.8 Å². The van der Waals surface area contributed by atoms with Crippen LogP contribution in [-0.2, 0) is 21.2 Å². The molecular weight excluding hydrogens is 324 g/mol. The number of benzene rings is 2. The lowest BCUT2D eigenvalue weighted by molar-refractivity contribution is -0.118. The standard InChI is InChI=1S/C18H18N2O3S/c21-18-16(10-13-8-4-5-9-15(13)19-18)20-24(22,23)17-11-14(17)12-6-2-1-3-7-12/h1-9,14,16-17,20H,10-11H2,(H,19,21). The zero-order chi connectivity index (χ0) is 16.7. The highest BCUT2D eigenvalue weighted by Crippen LogP contribution is 2.45. The Bertz CT molecular complexity index is 880. The molecule has 0 radical (unpaired) electrons. The Kier molecular flexibility index (Phi) is 3.66. The first-order chi connectivity index (χ1) is 11.5. The molecule has 2 aliphatic rings. The van der Waals surface area contributed by atoms with E-state index in [4.69, 9.17) is 0 Å². The Morgan fingerprint density at radius 1 is 1.00 bits per heavy atom. The van der Waals surface area contributed by atoms with Gasteiger partial charge in [0.2, 0.25) is 15.9 Å². The number of rotatable bonds is 4. The van der Waals surface area contributed by atoms with Gasteiger partial charge in [0.05, 0.1) is 5.25 Å². The van der Waals surface area contributed by atoms with Crippen molar-refractivity contribution in [3.05, 3.63) is 65.7 Å². The van der Waals surface area contributed by atoms with Crippen molar-refractivity contribution in [1.29, 1.82) is 0 Å². The summed E-state index contributed by atoms with van der Waals surface area (Å²) in [5.41, 5.74) is 2.73. The van der Waals surface area contributed by atoms with Crippen molar-refractivity contribution in [3.63, 3.8) is 0 Å². The minimum atomic E-state index is -3.53. The van der Waals surface area contributed by atoms with Crippen LogP contribution < -0.4 is 10.0 Å². The monoisotopic (exact) mass is 342 g/mol. The van der Waals surface area contributed by atoms with Crippen LogP contribution >= 0.6 is 0 Å². The first kappa shape index (κ1) is 15.4. The van der Waals surface area contributed by atoms with Crippen LogP contribution in [0.1, 0.15) is 23.5 Å². The van der Waals surface area contributed by atoms with Gasteiger partial charge in [0.1, 0.15) is 6.04 Å². The average molecular weight is 342 g/mol. The Hall–Kier alpha value is -2.18. The van der Waals surface area contributed by atoms with E-state index in [1.54, 1.807) is 0 Å². The molecule has 1 aliphatic carbocycles. The highest BCUT2D eigenvalue weighted by atomic mass is 32.2. The summed E-state index contributed by atoms with van der Waals surface area (Å²) < 4.78 is 27.8. The molecule has 0 bridgehead atoms. The highest BCUT2D eigenvalue weighted by Gasteiger charge is 2.49. The molecule has 3 unspecified atom stereocenters. The van der Waals surface area contributed by atoms with Crippen LogP contribution in [-0.4, -0.2) is 25.6 Å². The number of nitrogens with one attached hydrogen (secondary N) is 2. The Labute approximate surface area is 141 Å². The van der Waals surface area contributed by atoms with Crippen molar-refractivity contribution in [3.8, 4) is 0 Å². The predicted molar refractivity (Wildman–Crippen MR) is 92.2 cm³/mol. The Morgan fingerprint density at radius 3 is 2.50 bits per heavy atom. The number of amides is 1. The van der Waals surface area contributed by atoms with Gasteiger partial charge in [-0.3, -0.25) is 4.79 Å². The van der Waals surface area contributed by atoms with E-state index in [2.05, 4.69) is 10.0 Å². The summed E-state index contributed by atoms with van der Waals surface area (Å²) in [7, 11) is -3.53. The van der Waals surface area contributed by atoms with Crippen molar-refractivity contribution in [2.24, 2.45) is 0 Å². The first-order valence-electron chi connectivity index (χ1n) is 7.99. The van der Waals surface area contributed by atoms with E-state index in [1.807, 2.05) is 54.6 Å². The Balaban J connectivity index is 1.48. The fourth-order valence-electron chi connectivity index (χ4n) is 3.30. The summed E-state index contributed by atoms with van der Waals surface area (Å²) in [5, 5.41) is 2.32. The minimum Gasteiger partial charge on any atom is -0.324 e. The zero-order valence-electron chi connectivity index (χ0n) is 13.0. The third kappa shape index (κ3) is 2.83. The van der Waals surface area contributed by atoms with Crippen LogP contribution in [0, 0.1) is 0 Å². The van der Waals surface area contributed by atoms with E-state index in [0.29, 0.717) is 12.8 Å². The summed E-state index contributed by atoms with van der Waals surface area (Å²) in [5.74, 6) is -0.281. The van der Waals surface area contributed by atoms with Gasteiger partial charge in [-0.25, -0.2) is 13.1 Å². The first-order valence-corrected chi connectivity index (χ1v) is 9.54. The largest absolute Gasteiger partial charge is 0.324 e. The molecule has 0 saturated heterocycles. The van der Waals surface area contributed by atoms with E-state index in [9.17, 15) is 13.2 Å². The highest BCUT2D eigenvalue weighted by molar-refractivity contribution is 7.90. The number of sulfonamides is 1. The maximum Gasteiger partial charge on any atom is 0.242 e. The SMILES string of the molecule is O=C1Nc2ccccc2CC1NS(=O)(=O)C1CC1c1ccccc1. The minimum absolute atomic E-state index is 0.0163. The molecule has 24 heavy (non-hydrogen) atoms. The van der Waals surface area contributed by atoms with E-state index in [0.717, 1.165) is 16.8 Å². The van der Waals surface area contributed by atoms with E-state index >= 15 is 0 Å². The van der Waals surface area contributed by atoms with Crippen LogP contribution in [0.3, 0.4) is 0 Å². The second-order valence-corrected chi connectivity index (χ2v) is 8.29. The van der Waals surface area contributed by atoms with Crippen LogP contribution in [0.5, 0.6) is 0 Å². The summed E-state index contributed by atoms with van der Waals surface area (Å²) in [6.07, 6.45) is 0.980. The molecule has 6 heteroatoms. The van der Waals surface area contributed by atoms with Gasteiger partial charge in [-0.05, 0) is 30.0 Å². The lowest BCUT2D eigenvalue weighted by Gasteiger charge is -2.25. The van der Waals surface area contributed by atoms with Crippen molar-refractivity contribution in [2.75, 3.05) is 5.32 Å². The molecule has 2 N–H and O–H groups in total. The van der Waals surface area contributed by atoms with Crippen LogP contribution in [0.2, 0.25) is 0 Å². The quantitative estimate of drug-likeness (QED) is 0.893. The van der Waals surface area contributed by atoms with Gasteiger partial charge in [0, 0.05) is 11.6 Å². The normalized spacial score (nSPS) is 25.7. The molecule has 3 atom stereocenters. The molecule has 2 aromatic carbocycles. The molecule has 0 spiro atoms. The molecule has 1 amide bonds. The lowest BCUT2D eigenvalue weighted by Crippen LogP contribution is -2.48. The molecule has 2 aromatic rings. The van der Waals surface area contributed by atoms with Gasteiger partial charge in [-0.15, -0.1) is 0 Å². The summed E-state index contributed by atoms with van der Waals surface area (Å²) >= 11 is 0. The van der Waals surface area contributed by atoms with Gasteiger partial charge < -0.3 is 5.32 Å². The van der Waals surface area contributed by atoms with Gasteiger partial charge in [0.15, 0.2) is 0 Å². The second-order valence-electron chi connectivity index (χ2n) is 6.36. The summed E-state index contributed by atoms with van der Waals surface area (Å²) in [6.45, 7) is 0. The third-order valence-electron chi connectivity index (χ3n) is 4.68. The fourth-order valence-corrected chi connectivity index (χ4v) is 5.11. The van der Waals surface area contributed by atoms with Crippen LogP contribution in [0.15, 0.2) is 54.6 Å². The second kappa shape index (κ2) is 5.72. The molecule has 0 aromatic heterocycles. The van der Waals surface area contributed by atoms with Gasteiger partial charge in [-0.1, -0.05) is 48.5 Å². The molecule has 4 rings (SSSR count). The maximum atomic E-state index is 12.6. The number of hydrogen-bond acceptors (Lipinski definition) is 3. The fraction of sp³-hybridized carbons (Fsp3) is 0.278. The number of carbonyl (C=O) groups excluding carboxylic acids is 1. The van der Waals surface area contributed by atoms with Gasteiger partial charge >= 0.3 is 0 Å². The lowest BCUT2D eigenvalue weighted by atomic mass is 10.00. The summed E-state index contributed by atoms with van der Waals surface area (Å²) in [4.78, 5) is 12.2.